The number of furan rings is 1. The van der Waals surface area contributed by atoms with E-state index in [0.717, 1.165) is 44.1 Å². The summed E-state index contributed by atoms with van der Waals surface area (Å²) in [4.78, 5) is 18.9. The van der Waals surface area contributed by atoms with Gasteiger partial charge < -0.3 is 20.0 Å². The first kappa shape index (κ1) is 21.8. The standard InChI is InChI=1S/C18H30N4O2.HI/c1-3-19-18(20-11-9-16-8-6-14-24-16)21-12-10-17(23)22-13-5-4-7-15(22)2;/h6,8,14-15H,3-5,7,9-13H2,1-2H3,(H2,19,20,21);1H. The van der Waals surface area contributed by atoms with Crippen molar-refractivity contribution in [1.29, 1.82) is 0 Å². The number of amides is 1. The van der Waals surface area contributed by atoms with Gasteiger partial charge in [0.15, 0.2) is 5.96 Å². The van der Waals surface area contributed by atoms with E-state index in [-0.39, 0.29) is 29.9 Å². The summed E-state index contributed by atoms with van der Waals surface area (Å²) in [5, 5.41) is 6.45. The monoisotopic (exact) mass is 462 g/mol. The smallest absolute Gasteiger partial charge is 0.224 e. The second kappa shape index (κ2) is 12.2. The van der Waals surface area contributed by atoms with Gasteiger partial charge in [0.1, 0.15) is 5.76 Å². The molecule has 142 valence electrons. The lowest BCUT2D eigenvalue weighted by molar-refractivity contribution is -0.134. The molecule has 1 amide bonds. The molecule has 1 unspecified atom stereocenters. The summed E-state index contributed by atoms with van der Waals surface area (Å²) in [5.74, 6) is 1.92. The average molecular weight is 462 g/mol. The van der Waals surface area contributed by atoms with E-state index in [1.807, 2.05) is 24.0 Å². The van der Waals surface area contributed by atoms with Gasteiger partial charge >= 0.3 is 0 Å². The van der Waals surface area contributed by atoms with E-state index in [2.05, 4.69) is 22.5 Å². The summed E-state index contributed by atoms with van der Waals surface area (Å²) in [6.45, 7) is 7.13. The number of aliphatic imine (C=N–C) groups is 1. The van der Waals surface area contributed by atoms with Crippen LogP contribution >= 0.6 is 24.0 Å². The molecule has 1 atom stereocenters. The van der Waals surface area contributed by atoms with Crippen molar-refractivity contribution in [1.82, 2.24) is 15.5 Å². The van der Waals surface area contributed by atoms with Gasteiger partial charge in [-0.2, -0.15) is 0 Å². The van der Waals surface area contributed by atoms with Crippen LogP contribution in [0, 0.1) is 0 Å². The lowest BCUT2D eigenvalue weighted by atomic mass is 10.0. The van der Waals surface area contributed by atoms with Crippen LogP contribution in [0.4, 0.5) is 0 Å². The lowest BCUT2D eigenvalue weighted by Crippen LogP contribution is -2.44. The number of likely N-dealkylation sites (tertiary alicyclic amines) is 1. The van der Waals surface area contributed by atoms with Crippen LogP contribution in [0.2, 0.25) is 0 Å². The van der Waals surface area contributed by atoms with Crippen LogP contribution in [0.5, 0.6) is 0 Å². The van der Waals surface area contributed by atoms with Crippen LogP contribution < -0.4 is 10.6 Å². The number of hydrogen-bond acceptors (Lipinski definition) is 3. The third-order valence-corrected chi connectivity index (χ3v) is 4.31. The molecule has 1 aromatic heterocycles. The highest BCUT2D eigenvalue weighted by Crippen LogP contribution is 2.16. The highest BCUT2D eigenvalue weighted by atomic mass is 127. The van der Waals surface area contributed by atoms with Crippen molar-refractivity contribution >= 4 is 35.8 Å². The number of nitrogens with one attached hydrogen (secondary N) is 2. The van der Waals surface area contributed by atoms with E-state index in [1.54, 1.807) is 6.26 Å². The second-order valence-electron chi connectivity index (χ2n) is 6.20. The summed E-state index contributed by atoms with van der Waals surface area (Å²) < 4.78 is 5.30. The van der Waals surface area contributed by atoms with Gasteiger partial charge in [0.25, 0.3) is 0 Å². The minimum absolute atomic E-state index is 0. The van der Waals surface area contributed by atoms with Crippen molar-refractivity contribution < 1.29 is 9.21 Å². The molecular weight excluding hydrogens is 431 g/mol. The van der Waals surface area contributed by atoms with Gasteiger partial charge in [0.05, 0.1) is 6.26 Å². The van der Waals surface area contributed by atoms with E-state index in [9.17, 15) is 4.79 Å². The summed E-state index contributed by atoms with van der Waals surface area (Å²) in [6, 6.07) is 4.21. The van der Waals surface area contributed by atoms with E-state index >= 15 is 0 Å². The number of hydrogen-bond donors (Lipinski definition) is 2. The molecule has 1 fully saturated rings. The molecule has 0 radical (unpaired) electrons. The Bertz CT molecular complexity index is 519. The maximum Gasteiger partial charge on any atom is 0.224 e. The molecule has 1 saturated heterocycles. The maximum atomic E-state index is 12.3. The first-order valence-electron chi connectivity index (χ1n) is 9.04. The molecule has 25 heavy (non-hydrogen) atoms. The van der Waals surface area contributed by atoms with Gasteiger partial charge in [-0.3, -0.25) is 9.79 Å². The molecule has 2 heterocycles. The molecule has 2 N–H and O–H groups in total. The largest absolute Gasteiger partial charge is 0.469 e. The minimum Gasteiger partial charge on any atom is -0.469 e. The fraction of sp³-hybridized carbons (Fsp3) is 0.667. The Morgan fingerprint density at radius 2 is 2.24 bits per heavy atom. The van der Waals surface area contributed by atoms with Crippen molar-refractivity contribution in [3.05, 3.63) is 24.2 Å². The number of nitrogens with zero attached hydrogens (tertiary/aromatic N) is 2. The molecule has 2 rings (SSSR count). The minimum atomic E-state index is 0. The normalized spacial score (nSPS) is 17.8. The predicted molar refractivity (Wildman–Crippen MR) is 111 cm³/mol. The molecule has 0 spiro atoms. The van der Waals surface area contributed by atoms with Crippen LogP contribution in [-0.4, -0.2) is 49.0 Å². The molecule has 0 bridgehead atoms. The Morgan fingerprint density at radius 1 is 1.40 bits per heavy atom. The van der Waals surface area contributed by atoms with Gasteiger partial charge in [0, 0.05) is 45.1 Å². The lowest BCUT2D eigenvalue weighted by Gasteiger charge is -2.33. The van der Waals surface area contributed by atoms with Crippen molar-refractivity contribution in [2.45, 2.75) is 52.0 Å². The van der Waals surface area contributed by atoms with Crippen LogP contribution in [0.3, 0.4) is 0 Å². The van der Waals surface area contributed by atoms with Gasteiger partial charge in [0.2, 0.25) is 5.91 Å². The quantitative estimate of drug-likeness (QED) is 0.372. The number of carbonyl (C=O) groups excluding carboxylic acids is 1. The van der Waals surface area contributed by atoms with Crippen LogP contribution in [0.1, 0.15) is 45.3 Å². The summed E-state index contributed by atoms with van der Waals surface area (Å²) in [5.41, 5.74) is 0. The zero-order valence-corrected chi connectivity index (χ0v) is 17.6. The topological polar surface area (TPSA) is 69.9 Å². The Labute approximate surface area is 167 Å². The number of rotatable bonds is 7. The third kappa shape index (κ3) is 7.66. The first-order valence-corrected chi connectivity index (χ1v) is 9.04. The van der Waals surface area contributed by atoms with Crippen LogP contribution in [-0.2, 0) is 11.2 Å². The van der Waals surface area contributed by atoms with E-state index < -0.39 is 0 Å². The summed E-state index contributed by atoms with van der Waals surface area (Å²) in [7, 11) is 0. The van der Waals surface area contributed by atoms with E-state index in [1.165, 1.54) is 6.42 Å². The number of carbonyl (C=O) groups is 1. The predicted octanol–water partition coefficient (Wildman–Crippen LogP) is 2.79. The van der Waals surface area contributed by atoms with Crippen LogP contribution in [0.25, 0.3) is 0 Å². The van der Waals surface area contributed by atoms with E-state index in [0.29, 0.717) is 25.6 Å². The second-order valence-corrected chi connectivity index (χ2v) is 6.20. The number of piperidine rings is 1. The molecule has 1 aliphatic heterocycles. The Morgan fingerprint density at radius 3 is 2.92 bits per heavy atom. The zero-order valence-electron chi connectivity index (χ0n) is 15.3. The number of halogens is 1. The summed E-state index contributed by atoms with van der Waals surface area (Å²) >= 11 is 0. The first-order chi connectivity index (χ1) is 11.7. The van der Waals surface area contributed by atoms with Gasteiger partial charge in [-0.15, -0.1) is 24.0 Å². The molecule has 7 heteroatoms. The van der Waals surface area contributed by atoms with Crippen molar-refractivity contribution in [3.8, 4) is 0 Å². The van der Waals surface area contributed by atoms with Gasteiger partial charge in [-0.05, 0) is 45.2 Å². The Kier molecular flexibility index (Phi) is 10.6. The highest BCUT2D eigenvalue weighted by Gasteiger charge is 2.22. The van der Waals surface area contributed by atoms with Gasteiger partial charge in [-0.1, -0.05) is 0 Å². The maximum absolute atomic E-state index is 12.3. The molecular formula is C18H31IN4O2. The number of guanidine groups is 1. The van der Waals surface area contributed by atoms with Crippen molar-refractivity contribution in [2.24, 2.45) is 4.99 Å². The summed E-state index contributed by atoms with van der Waals surface area (Å²) in [6.07, 6.45) is 6.43. The van der Waals surface area contributed by atoms with Crippen LogP contribution in [0.15, 0.2) is 27.8 Å². The molecule has 1 aromatic rings. The van der Waals surface area contributed by atoms with E-state index in [4.69, 9.17) is 4.42 Å². The average Bonchev–Trinajstić information content (AvgIpc) is 3.08. The Balaban J connectivity index is 0.00000312. The van der Waals surface area contributed by atoms with Gasteiger partial charge in [-0.25, -0.2) is 0 Å². The third-order valence-electron chi connectivity index (χ3n) is 4.31. The molecule has 6 nitrogen and oxygen atoms in total. The fourth-order valence-corrected chi connectivity index (χ4v) is 2.97. The zero-order chi connectivity index (χ0) is 17.2. The molecule has 0 saturated carbocycles. The highest BCUT2D eigenvalue weighted by molar-refractivity contribution is 14.0. The molecule has 0 aromatic carbocycles. The SMILES string of the molecule is CCNC(=NCCc1ccco1)NCCC(=O)N1CCCCC1C.I. The fourth-order valence-electron chi connectivity index (χ4n) is 2.97. The Hall–Kier alpha value is -1.25. The molecule has 1 aliphatic rings. The molecule has 0 aliphatic carbocycles. The van der Waals surface area contributed by atoms with Crippen molar-refractivity contribution in [2.75, 3.05) is 26.2 Å². The van der Waals surface area contributed by atoms with Crippen molar-refractivity contribution in [3.63, 3.8) is 0 Å².